The van der Waals surface area contributed by atoms with Crippen molar-refractivity contribution in [3.8, 4) is 28.4 Å². The molecular weight excluding hydrogens is 606 g/mol. The molecule has 45 heavy (non-hydrogen) atoms. The first-order chi connectivity index (χ1) is 21.5. The van der Waals surface area contributed by atoms with Crippen molar-refractivity contribution in [2.45, 2.75) is 45.7 Å². The van der Waals surface area contributed by atoms with E-state index in [-0.39, 0.29) is 70.6 Å². The summed E-state index contributed by atoms with van der Waals surface area (Å²) in [6.45, 7) is 12.0. The molecule has 0 spiro atoms. The predicted molar refractivity (Wildman–Crippen MR) is 167 cm³/mol. The molecule has 13 heteroatoms. The molecule has 2 aliphatic heterocycles. The van der Waals surface area contributed by atoms with Crippen LogP contribution in [0.2, 0.25) is 5.02 Å². The van der Waals surface area contributed by atoms with Gasteiger partial charge in [0, 0.05) is 37.4 Å². The highest BCUT2D eigenvalue weighted by molar-refractivity contribution is 6.34. The molecule has 0 unspecified atom stereocenters. The van der Waals surface area contributed by atoms with Crippen LogP contribution in [0, 0.1) is 11.6 Å². The second-order valence-electron chi connectivity index (χ2n) is 11.4. The van der Waals surface area contributed by atoms with Crippen molar-refractivity contribution in [1.82, 2.24) is 24.4 Å². The molecule has 3 aromatic heterocycles. The monoisotopic (exact) mass is 636 g/mol. The number of hydrogen-bond donors (Lipinski definition) is 0. The molecule has 4 aromatic rings. The molecule has 1 aromatic carbocycles. The van der Waals surface area contributed by atoms with Gasteiger partial charge in [-0.05, 0) is 44.0 Å². The molecule has 2 atom stereocenters. The number of anilines is 1. The van der Waals surface area contributed by atoms with E-state index in [2.05, 4.69) is 16.5 Å². The number of piperazine rings is 1. The summed E-state index contributed by atoms with van der Waals surface area (Å²) in [7, 11) is 0. The predicted octanol–water partition coefficient (Wildman–Crippen LogP) is 5.28. The summed E-state index contributed by atoms with van der Waals surface area (Å²) in [6.07, 6.45) is 2.86. The quantitative estimate of drug-likeness (QED) is 0.280. The maximum Gasteiger partial charge on any atom is 0.356 e. The number of halogens is 3. The van der Waals surface area contributed by atoms with Gasteiger partial charge in [0.05, 0.1) is 27.4 Å². The Morgan fingerprint density at radius 1 is 1.09 bits per heavy atom. The lowest BCUT2D eigenvalue weighted by Gasteiger charge is -2.44. The Bertz CT molecular complexity index is 1920. The normalized spacial score (nSPS) is 18.0. The van der Waals surface area contributed by atoms with Crippen LogP contribution in [0.5, 0.6) is 11.5 Å². The summed E-state index contributed by atoms with van der Waals surface area (Å²) in [5, 5.41) is 0.377. The van der Waals surface area contributed by atoms with Crippen LogP contribution < -0.4 is 20.1 Å². The zero-order chi connectivity index (χ0) is 32.2. The molecule has 10 nitrogen and oxygen atoms in total. The van der Waals surface area contributed by atoms with Crippen molar-refractivity contribution in [2.24, 2.45) is 0 Å². The Kier molecular flexibility index (Phi) is 7.94. The van der Waals surface area contributed by atoms with Gasteiger partial charge in [0.1, 0.15) is 36.2 Å². The van der Waals surface area contributed by atoms with Crippen molar-refractivity contribution in [3.63, 3.8) is 0 Å². The largest absolute Gasteiger partial charge is 0.489 e. The van der Waals surface area contributed by atoms with E-state index in [1.165, 1.54) is 16.7 Å². The third kappa shape index (κ3) is 5.16. The summed E-state index contributed by atoms with van der Waals surface area (Å²) in [5.41, 5.74) is -0.126. The molecule has 1 saturated heterocycles. The average Bonchev–Trinajstić information content (AvgIpc) is 3.01. The Morgan fingerprint density at radius 3 is 2.53 bits per heavy atom. The van der Waals surface area contributed by atoms with Crippen molar-refractivity contribution >= 4 is 34.4 Å². The Morgan fingerprint density at radius 2 is 1.82 bits per heavy atom. The number of nitrogens with zero attached hydrogens (tertiary/aromatic N) is 6. The average molecular weight is 637 g/mol. The molecular formula is C32H31ClF2N6O4. The van der Waals surface area contributed by atoms with Gasteiger partial charge in [-0.3, -0.25) is 9.78 Å². The van der Waals surface area contributed by atoms with Gasteiger partial charge >= 0.3 is 5.69 Å². The van der Waals surface area contributed by atoms with E-state index in [1.807, 2.05) is 32.6 Å². The standard InChI is InChI=1S/C32H31ClF2N6O4/c1-6-24(42)39-14-18(5)40(15-17(39)4)30-19-13-20(33)28-25-22(8-7-21(34)26(25)35)44-11-12-45-23-9-10-36-27(16(2)3)29(23)41(31(19)37-28)32(43)38-30/h6-10,13,16-18H,1,11-12,14-15H2,2-5H3/t17-,18+/m0/s1. The van der Waals surface area contributed by atoms with Gasteiger partial charge in [-0.25, -0.2) is 23.1 Å². The Balaban J connectivity index is 1.70. The number of carbonyl (C=O) groups excluding carboxylic acids is 1. The molecule has 1 fully saturated rings. The zero-order valence-corrected chi connectivity index (χ0v) is 25.9. The number of amides is 1. The number of pyridine rings is 2. The first kappa shape index (κ1) is 30.4. The van der Waals surface area contributed by atoms with Gasteiger partial charge in [-0.2, -0.15) is 4.98 Å². The third-order valence-corrected chi connectivity index (χ3v) is 8.38. The fourth-order valence-corrected chi connectivity index (χ4v) is 6.19. The number of carbonyl (C=O) groups is 1. The number of aromatic nitrogens is 4. The van der Waals surface area contributed by atoms with Crippen LogP contribution >= 0.6 is 11.6 Å². The molecule has 2 aliphatic rings. The summed E-state index contributed by atoms with van der Waals surface area (Å²) in [4.78, 5) is 44.2. The summed E-state index contributed by atoms with van der Waals surface area (Å²) in [5.74, 6) is -2.01. The van der Waals surface area contributed by atoms with Crippen molar-refractivity contribution in [3.05, 3.63) is 76.0 Å². The maximum absolute atomic E-state index is 15.5. The fourth-order valence-electron chi connectivity index (χ4n) is 5.94. The van der Waals surface area contributed by atoms with Crippen LogP contribution in [0.1, 0.15) is 39.3 Å². The summed E-state index contributed by atoms with van der Waals surface area (Å²) < 4.78 is 43.4. The highest BCUT2D eigenvalue weighted by Crippen LogP contribution is 2.41. The number of fused-ring (bicyclic) bond motifs is 5. The molecule has 234 valence electrons. The summed E-state index contributed by atoms with van der Waals surface area (Å²) >= 11 is 6.82. The molecule has 6 rings (SSSR count). The van der Waals surface area contributed by atoms with E-state index in [0.29, 0.717) is 35.6 Å². The Hall–Kier alpha value is -4.58. The zero-order valence-electron chi connectivity index (χ0n) is 25.2. The SMILES string of the molecule is C=CC(=O)N1C[C@@H](C)N(c2nc(=O)n3c4nc(c(Cl)cc24)-c2c(ccc(F)c2F)OCCOc2ccnc(C(C)C)c2-3)C[C@@H]1C. The highest BCUT2D eigenvalue weighted by Gasteiger charge is 2.35. The van der Waals surface area contributed by atoms with Gasteiger partial charge < -0.3 is 19.3 Å². The molecule has 5 heterocycles. The second kappa shape index (κ2) is 11.7. The molecule has 2 bridgehead atoms. The topological polar surface area (TPSA) is 103 Å². The molecule has 0 N–H and O–H groups in total. The van der Waals surface area contributed by atoms with Gasteiger partial charge in [-0.15, -0.1) is 0 Å². The highest BCUT2D eigenvalue weighted by atomic mass is 35.5. The van der Waals surface area contributed by atoms with Crippen molar-refractivity contribution in [1.29, 1.82) is 0 Å². The first-order valence-electron chi connectivity index (χ1n) is 14.6. The first-order valence-corrected chi connectivity index (χ1v) is 15.0. The molecule has 0 aliphatic carbocycles. The molecule has 1 amide bonds. The van der Waals surface area contributed by atoms with Crippen LogP contribution in [0.4, 0.5) is 14.6 Å². The van der Waals surface area contributed by atoms with E-state index in [0.717, 1.165) is 6.07 Å². The van der Waals surface area contributed by atoms with Crippen LogP contribution in [0.25, 0.3) is 28.0 Å². The Labute approximate surface area is 262 Å². The second-order valence-corrected chi connectivity index (χ2v) is 11.8. The van der Waals surface area contributed by atoms with Crippen LogP contribution in [-0.4, -0.2) is 68.7 Å². The van der Waals surface area contributed by atoms with Gasteiger partial charge in [0.15, 0.2) is 17.3 Å². The van der Waals surface area contributed by atoms with Crippen LogP contribution in [0.15, 0.2) is 47.9 Å². The van der Waals surface area contributed by atoms with E-state index < -0.39 is 17.3 Å². The van der Waals surface area contributed by atoms with Crippen molar-refractivity contribution < 1.29 is 23.0 Å². The number of hydrogen-bond acceptors (Lipinski definition) is 8. The van der Waals surface area contributed by atoms with E-state index in [1.54, 1.807) is 23.2 Å². The summed E-state index contributed by atoms with van der Waals surface area (Å²) in [6, 6.07) is 4.95. The maximum atomic E-state index is 15.5. The van der Waals surface area contributed by atoms with Crippen molar-refractivity contribution in [2.75, 3.05) is 31.2 Å². The third-order valence-electron chi connectivity index (χ3n) is 8.10. The number of benzene rings is 1. The lowest BCUT2D eigenvalue weighted by atomic mass is 10.0. The molecule has 0 saturated carbocycles. The van der Waals surface area contributed by atoms with Crippen LogP contribution in [0.3, 0.4) is 0 Å². The number of rotatable bonds is 3. The van der Waals surface area contributed by atoms with Crippen LogP contribution in [-0.2, 0) is 4.79 Å². The van der Waals surface area contributed by atoms with E-state index in [4.69, 9.17) is 26.1 Å². The fraction of sp³-hybridized carbons (Fsp3) is 0.344. The lowest BCUT2D eigenvalue weighted by Crippen LogP contribution is -2.58. The smallest absolute Gasteiger partial charge is 0.356 e. The number of ether oxygens (including phenoxy) is 2. The van der Waals surface area contributed by atoms with Gasteiger partial charge in [0.2, 0.25) is 5.91 Å². The van der Waals surface area contributed by atoms with Gasteiger partial charge in [-0.1, -0.05) is 32.0 Å². The minimum absolute atomic E-state index is 0.00456. The minimum atomic E-state index is -1.20. The lowest BCUT2D eigenvalue weighted by molar-refractivity contribution is -0.128. The van der Waals surface area contributed by atoms with E-state index in [9.17, 15) is 14.0 Å². The minimum Gasteiger partial charge on any atom is -0.489 e. The van der Waals surface area contributed by atoms with Gasteiger partial charge in [0.25, 0.3) is 0 Å². The van der Waals surface area contributed by atoms with E-state index >= 15 is 4.39 Å². The molecule has 0 radical (unpaired) electrons.